The molecule has 0 aliphatic carbocycles. The minimum atomic E-state index is 0.0709. The Morgan fingerprint density at radius 2 is 1.87 bits per heavy atom. The van der Waals surface area contributed by atoms with Crippen LogP contribution >= 0.6 is 11.6 Å². The SMILES string of the molecule is CC(C)(CNCNN)c1ccc(Cl)cc1. The highest BCUT2D eigenvalue weighted by atomic mass is 35.5. The van der Waals surface area contributed by atoms with Crippen molar-refractivity contribution in [1.82, 2.24) is 10.7 Å². The van der Waals surface area contributed by atoms with Crippen LogP contribution in [0.5, 0.6) is 0 Å². The van der Waals surface area contributed by atoms with Gasteiger partial charge < -0.3 is 5.32 Å². The summed E-state index contributed by atoms with van der Waals surface area (Å²) in [5.41, 5.74) is 3.90. The molecule has 0 saturated heterocycles. The molecule has 15 heavy (non-hydrogen) atoms. The van der Waals surface area contributed by atoms with Crippen LogP contribution in [0, 0.1) is 0 Å². The third-order valence-electron chi connectivity index (χ3n) is 2.42. The zero-order valence-corrected chi connectivity index (χ0v) is 9.93. The molecule has 0 aromatic heterocycles. The van der Waals surface area contributed by atoms with Crippen LogP contribution in [0.1, 0.15) is 19.4 Å². The Balaban J connectivity index is 2.63. The molecule has 0 radical (unpaired) electrons. The Hall–Kier alpha value is -0.610. The van der Waals surface area contributed by atoms with E-state index in [2.05, 4.69) is 36.7 Å². The van der Waals surface area contributed by atoms with E-state index in [4.69, 9.17) is 17.4 Å². The number of rotatable bonds is 5. The Bertz CT molecular complexity index is 295. The molecule has 1 aromatic rings. The summed E-state index contributed by atoms with van der Waals surface area (Å²) in [6.07, 6.45) is 0. The molecule has 0 atom stereocenters. The van der Waals surface area contributed by atoms with Gasteiger partial charge in [-0.1, -0.05) is 37.6 Å². The standard InChI is InChI=1S/C11H18ClN3/c1-11(2,7-14-8-15-13)9-3-5-10(12)6-4-9/h3-6,14-15H,7-8,13H2,1-2H3. The molecule has 3 nitrogen and oxygen atoms in total. The molecular weight excluding hydrogens is 210 g/mol. The van der Waals surface area contributed by atoms with Crippen molar-refractivity contribution in [1.29, 1.82) is 0 Å². The molecular formula is C11H18ClN3. The second-order valence-electron chi connectivity index (χ2n) is 4.20. The molecule has 0 aliphatic rings. The maximum atomic E-state index is 5.85. The van der Waals surface area contributed by atoms with Gasteiger partial charge in [-0.2, -0.15) is 0 Å². The number of hydrogen-bond acceptors (Lipinski definition) is 3. The van der Waals surface area contributed by atoms with Gasteiger partial charge in [0.2, 0.25) is 0 Å². The van der Waals surface area contributed by atoms with E-state index in [0.29, 0.717) is 6.67 Å². The highest BCUT2D eigenvalue weighted by Gasteiger charge is 2.19. The Morgan fingerprint density at radius 1 is 1.27 bits per heavy atom. The second kappa shape index (κ2) is 5.47. The van der Waals surface area contributed by atoms with Crippen LogP contribution in [-0.2, 0) is 5.41 Å². The fourth-order valence-corrected chi connectivity index (χ4v) is 1.58. The molecule has 84 valence electrons. The zero-order chi connectivity index (χ0) is 11.3. The van der Waals surface area contributed by atoms with Gasteiger partial charge >= 0.3 is 0 Å². The molecule has 4 N–H and O–H groups in total. The van der Waals surface area contributed by atoms with Crippen LogP contribution in [-0.4, -0.2) is 13.2 Å². The summed E-state index contributed by atoms with van der Waals surface area (Å²) >= 11 is 5.85. The van der Waals surface area contributed by atoms with Crippen molar-refractivity contribution in [2.45, 2.75) is 19.3 Å². The Labute approximate surface area is 96.0 Å². The summed E-state index contributed by atoms with van der Waals surface area (Å²) in [6.45, 7) is 5.83. The lowest BCUT2D eigenvalue weighted by Gasteiger charge is -2.25. The van der Waals surface area contributed by atoms with Crippen molar-refractivity contribution >= 4 is 11.6 Å². The molecule has 0 spiro atoms. The largest absolute Gasteiger partial charge is 0.303 e. The van der Waals surface area contributed by atoms with Gasteiger partial charge in [-0.25, -0.2) is 5.43 Å². The van der Waals surface area contributed by atoms with E-state index in [1.165, 1.54) is 5.56 Å². The lowest BCUT2D eigenvalue weighted by Crippen LogP contribution is -2.40. The summed E-state index contributed by atoms with van der Waals surface area (Å²) in [5.74, 6) is 5.19. The number of hydrogen-bond donors (Lipinski definition) is 3. The van der Waals surface area contributed by atoms with Crippen LogP contribution < -0.4 is 16.6 Å². The molecule has 1 rings (SSSR count). The van der Waals surface area contributed by atoms with Crippen molar-refractivity contribution in [2.24, 2.45) is 5.84 Å². The summed E-state index contributed by atoms with van der Waals surface area (Å²) < 4.78 is 0. The van der Waals surface area contributed by atoms with E-state index in [1.54, 1.807) is 0 Å². The van der Waals surface area contributed by atoms with Gasteiger partial charge in [-0.3, -0.25) is 5.84 Å². The smallest absolute Gasteiger partial charge is 0.0587 e. The quantitative estimate of drug-likeness (QED) is 0.310. The average molecular weight is 228 g/mol. The molecule has 0 fully saturated rings. The van der Waals surface area contributed by atoms with Crippen molar-refractivity contribution in [2.75, 3.05) is 13.2 Å². The van der Waals surface area contributed by atoms with E-state index in [0.717, 1.165) is 11.6 Å². The number of halogens is 1. The molecule has 0 unspecified atom stereocenters. The first-order valence-corrected chi connectivity index (χ1v) is 5.34. The molecule has 0 saturated carbocycles. The first-order valence-electron chi connectivity index (χ1n) is 4.96. The second-order valence-corrected chi connectivity index (χ2v) is 4.63. The number of benzene rings is 1. The van der Waals surface area contributed by atoms with E-state index >= 15 is 0 Å². The van der Waals surface area contributed by atoms with Crippen molar-refractivity contribution in [3.8, 4) is 0 Å². The van der Waals surface area contributed by atoms with Crippen LogP contribution in [0.2, 0.25) is 5.02 Å². The minimum Gasteiger partial charge on any atom is -0.303 e. The van der Waals surface area contributed by atoms with Gasteiger partial charge in [0.05, 0.1) is 6.67 Å². The van der Waals surface area contributed by atoms with Crippen LogP contribution in [0.25, 0.3) is 0 Å². The summed E-state index contributed by atoms with van der Waals surface area (Å²) in [4.78, 5) is 0. The molecule has 0 heterocycles. The third-order valence-corrected chi connectivity index (χ3v) is 2.67. The summed E-state index contributed by atoms with van der Waals surface area (Å²) in [7, 11) is 0. The van der Waals surface area contributed by atoms with E-state index in [1.807, 2.05) is 12.1 Å². The van der Waals surface area contributed by atoms with Crippen molar-refractivity contribution in [3.63, 3.8) is 0 Å². The predicted molar refractivity (Wildman–Crippen MR) is 64.7 cm³/mol. The van der Waals surface area contributed by atoms with Crippen LogP contribution in [0.3, 0.4) is 0 Å². The van der Waals surface area contributed by atoms with Crippen LogP contribution in [0.15, 0.2) is 24.3 Å². The first-order chi connectivity index (χ1) is 7.06. The zero-order valence-electron chi connectivity index (χ0n) is 9.18. The lowest BCUT2D eigenvalue weighted by molar-refractivity contribution is 0.455. The molecule has 0 aliphatic heterocycles. The van der Waals surface area contributed by atoms with Crippen LogP contribution in [0.4, 0.5) is 0 Å². The highest BCUT2D eigenvalue weighted by molar-refractivity contribution is 6.30. The van der Waals surface area contributed by atoms with Gasteiger partial charge in [-0.15, -0.1) is 0 Å². The summed E-state index contributed by atoms with van der Waals surface area (Å²) in [6, 6.07) is 7.94. The highest BCUT2D eigenvalue weighted by Crippen LogP contribution is 2.23. The summed E-state index contributed by atoms with van der Waals surface area (Å²) in [5, 5.41) is 3.99. The average Bonchev–Trinajstić information content (AvgIpc) is 2.18. The number of hydrazine groups is 1. The first kappa shape index (κ1) is 12.5. The predicted octanol–water partition coefficient (Wildman–Crippen LogP) is 1.63. The number of nitrogens with two attached hydrogens (primary N) is 1. The molecule has 4 heteroatoms. The van der Waals surface area contributed by atoms with E-state index in [9.17, 15) is 0 Å². The molecule has 0 bridgehead atoms. The maximum absolute atomic E-state index is 5.85. The topological polar surface area (TPSA) is 50.1 Å². The van der Waals surface area contributed by atoms with Crippen molar-refractivity contribution in [3.05, 3.63) is 34.9 Å². The number of nitrogens with one attached hydrogen (secondary N) is 2. The maximum Gasteiger partial charge on any atom is 0.0587 e. The Kier molecular flexibility index (Phi) is 4.54. The molecule has 1 aromatic carbocycles. The monoisotopic (exact) mass is 227 g/mol. The van der Waals surface area contributed by atoms with Gasteiger partial charge in [0.1, 0.15) is 0 Å². The fourth-order valence-electron chi connectivity index (χ4n) is 1.45. The van der Waals surface area contributed by atoms with Gasteiger partial charge in [0.15, 0.2) is 0 Å². The van der Waals surface area contributed by atoms with E-state index in [-0.39, 0.29) is 5.41 Å². The van der Waals surface area contributed by atoms with Gasteiger partial charge in [0.25, 0.3) is 0 Å². The lowest BCUT2D eigenvalue weighted by atomic mass is 9.85. The van der Waals surface area contributed by atoms with Gasteiger partial charge in [0, 0.05) is 17.0 Å². The third kappa shape index (κ3) is 3.80. The molecule has 0 amide bonds. The van der Waals surface area contributed by atoms with E-state index < -0.39 is 0 Å². The fraction of sp³-hybridized carbons (Fsp3) is 0.455. The minimum absolute atomic E-state index is 0.0709. The van der Waals surface area contributed by atoms with Gasteiger partial charge in [-0.05, 0) is 17.7 Å². The Morgan fingerprint density at radius 3 is 2.40 bits per heavy atom. The van der Waals surface area contributed by atoms with Crippen molar-refractivity contribution < 1.29 is 0 Å². The normalized spacial score (nSPS) is 11.7.